The predicted molar refractivity (Wildman–Crippen MR) is 55.9 cm³/mol. The highest BCUT2D eigenvalue weighted by atomic mass is 19.1. The van der Waals surface area contributed by atoms with Gasteiger partial charge in [-0.05, 0) is 24.1 Å². The molecule has 15 heavy (non-hydrogen) atoms. The van der Waals surface area contributed by atoms with Crippen LogP contribution < -0.4 is 5.73 Å². The fraction of sp³-hybridized carbons (Fsp3) is 0.455. The number of aliphatic hydroxyl groups excluding tert-OH is 1. The molecule has 1 rings (SSSR count). The third-order valence-electron chi connectivity index (χ3n) is 2.07. The number of aliphatic hydroxyl groups is 1. The lowest BCUT2D eigenvalue weighted by atomic mass is 10.1. The maximum atomic E-state index is 12.9. The highest BCUT2D eigenvalue weighted by Crippen LogP contribution is 2.10. The van der Waals surface area contributed by atoms with Gasteiger partial charge in [-0.1, -0.05) is 12.1 Å². The maximum Gasteiger partial charge on any atom is 0.126 e. The SMILES string of the molecule is Cc1cc(COCC(O)CN)ccc1F. The lowest BCUT2D eigenvalue weighted by molar-refractivity contribution is 0.0329. The van der Waals surface area contributed by atoms with E-state index in [4.69, 9.17) is 15.6 Å². The molecule has 0 aliphatic rings. The first-order chi connectivity index (χ1) is 7.13. The molecule has 4 heteroatoms. The summed E-state index contributed by atoms with van der Waals surface area (Å²) < 4.78 is 18.1. The van der Waals surface area contributed by atoms with E-state index in [0.717, 1.165) is 5.56 Å². The van der Waals surface area contributed by atoms with Crippen molar-refractivity contribution in [2.24, 2.45) is 5.73 Å². The Morgan fingerprint density at radius 3 is 2.87 bits per heavy atom. The van der Waals surface area contributed by atoms with Gasteiger partial charge in [-0.2, -0.15) is 0 Å². The van der Waals surface area contributed by atoms with Crippen molar-refractivity contribution in [2.45, 2.75) is 19.6 Å². The molecule has 3 nitrogen and oxygen atoms in total. The Morgan fingerprint density at radius 1 is 1.53 bits per heavy atom. The van der Waals surface area contributed by atoms with Gasteiger partial charge >= 0.3 is 0 Å². The summed E-state index contributed by atoms with van der Waals surface area (Å²) in [7, 11) is 0. The minimum absolute atomic E-state index is 0.183. The third kappa shape index (κ3) is 3.95. The van der Waals surface area contributed by atoms with E-state index in [2.05, 4.69) is 0 Å². The Kier molecular flexibility index (Phi) is 4.68. The Balaban J connectivity index is 2.41. The van der Waals surface area contributed by atoms with Crippen molar-refractivity contribution < 1.29 is 14.2 Å². The molecule has 1 atom stereocenters. The van der Waals surface area contributed by atoms with Crippen LogP contribution in [0.2, 0.25) is 0 Å². The zero-order valence-electron chi connectivity index (χ0n) is 8.74. The standard InChI is InChI=1S/C11H16FNO2/c1-8-4-9(2-3-11(8)12)6-15-7-10(14)5-13/h2-4,10,14H,5-7,13H2,1H3. The molecule has 0 bridgehead atoms. The Bertz CT molecular complexity index is 317. The van der Waals surface area contributed by atoms with Gasteiger partial charge in [0.1, 0.15) is 5.82 Å². The summed E-state index contributed by atoms with van der Waals surface area (Å²) >= 11 is 0. The van der Waals surface area contributed by atoms with Crippen LogP contribution in [-0.2, 0) is 11.3 Å². The van der Waals surface area contributed by atoms with Gasteiger partial charge in [0.25, 0.3) is 0 Å². The molecule has 1 aromatic rings. The summed E-state index contributed by atoms with van der Waals surface area (Å²) in [5.74, 6) is -0.222. The fourth-order valence-corrected chi connectivity index (χ4v) is 1.18. The van der Waals surface area contributed by atoms with E-state index in [1.54, 1.807) is 19.1 Å². The molecule has 0 radical (unpaired) electrons. The summed E-state index contributed by atoms with van der Waals surface area (Å²) in [5.41, 5.74) is 6.70. The smallest absolute Gasteiger partial charge is 0.126 e. The van der Waals surface area contributed by atoms with Crippen molar-refractivity contribution in [3.05, 3.63) is 35.1 Å². The van der Waals surface area contributed by atoms with Gasteiger partial charge in [0.05, 0.1) is 19.3 Å². The molecule has 0 aromatic heterocycles. The summed E-state index contributed by atoms with van der Waals surface area (Å²) in [6, 6.07) is 4.80. The van der Waals surface area contributed by atoms with E-state index in [0.29, 0.717) is 12.2 Å². The van der Waals surface area contributed by atoms with Crippen LogP contribution in [0.5, 0.6) is 0 Å². The lowest BCUT2D eigenvalue weighted by Gasteiger charge is -2.09. The van der Waals surface area contributed by atoms with Crippen LogP contribution in [0.15, 0.2) is 18.2 Å². The lowest BCUT2D eigenvalue weighted by Crippen LogP contribution is -2.24. The van der Waals surface area contributed by atoms with Gasteiger partial charge in [0.15, 0.2) is 0 Å². The normalized spacial score (nSPS) is 12.8. The van der Waals surface area contributed by atoms with E-state index < -0.39 is 6.10 Å². The van der Waals surface area contributed by atoms with E-state index in [-0.39, 0.29) is 19.0 Å². The highest BCUT2D eigenvalue weighted by Gasteiger charge is 2.02. The molecular weight excluding hydrogens is 197 g/mol. The van der Waals surface area contributed by atoms with Gasteiger partial charge in [-0.25, -0.2) is 4.39 Å². The van der Waals surface area contributed by atoms with Crippen LogP contribution in [-0.4, -0.2) is 24.4 Å². The van der Waals surface area contributed by atoms with E-state index in [1.165, 1.54) is 6.07 Å². The van der Waals surface area contributed by atoms with Gasteiger partial charge in [-0.3, -0.25) is 0 Å². The fourth-order valence-electron chi connectivity index (χ4n) is 1.18. The first kappa shape index (κ1) is 12.1. The molecule has 0 amide bonds. The Hall–Kier alpha value is -0.970. The van der Waals surface area contributed by atoms with Gasteiger partial charge in [-0.15, -0.1) is 0 Å². The number of hydrogen-bond acceptors (Lipinski definition) is 3. The summed E-state index contributed by atoms with van der Waals surface area (Å²) in [4.78, 5) is 0. The summed E-state index contributed by atoms with van der Waals surface area (Å²) in [5, 5.41) is 9.12. The van der Waals surface area contributed by atoms with Crippen molar-refractivity contribution in [1.82, 2.24) is 0 Å². The molecular formula is C11H16FNO2. The van der Waals surface area contributed by atoms with Crippen LogP contribution in [0.4, 0.5) is 4.39 Å². The average Bonchev–Trinajstić information content (AvgIpc) is 2.23. The molecule has 0 spiro atoms. The van der Waals surface area contributed by atoms with Crippen molar-refractivity contribution in [1.29, 1.82) is 0 Å². The number of nitrogens with two attached hydrogens (primary N) is 1. The third-order valence-corrected chi connectivity index (χ3v) is 2.07. The molecule has 0 saturated carbocycles. The molecule has 0 aliphatic carbocycles. The quantitative estimate of drug-likeness (QED) is 0.766. The first-order valence-electron chi connectivity index (χ1n) is 4.84. The zero-order valence-corrected chi connectivity index (χ0v) is 8.74. The second-order valence-corrected chi connectivity index (χ2v) is 3.49. The van der Waals surface area contributed by atoms with Crippen LogP contribution in [0.1, 0.15) is 11.1 Å². The van der Waals surface area contributed by atoms with E-state index in [9.17, 15) is 4.39 Å². The molecule has 3 N–H and O–H groups in total. The predicted octanol–water partition coefficient (Wildman–Crippen LogP) is 0.970. The number of benzene rings is 1. The van der Waals surface area contributed by atoms with Crippen molar-refractivity contribution in [3.63, 3.8) is 0 Å². The van der Waals surface area contributed by atoms with Crippen LogP contribution in [0.25, 0.3) is 0 Å². The average molecular weight is 213 g/mol. The Morgan fingerprint density at radius 2 is 2.27 bits per heavy atom. The molecule has 0 saturated heterocycles. The van der Waals surface area contributed by atoms with Crippen molar-refractivity contribution >= 4 is 0 Å². The van der Waals surface area contributed by atoms with Crippen LogP contribution >= 0.6 is 0 Å². The van der Waals surface area contributed by atoms with E-state index >= 15 is 0 Å². The number of rotatable bonds is 5. The molecule has 0 heterocycles. The number of ether oxygens (including phenoxy) is 1. The number of hydrogen-bond donors (Lipinski definition) is 2. The molecule has 0 aliphatic heterocycles. The molecule has 0 fully saturated rings. The second-order valence-electron chi connectivity index (χ2n) is 3.49. The van der Waals surface area contributed by atoms with Crippen LogP contribution in [0.3, 0.4) is 0 Å². The molecule has 1 unspecified atom stereocenters. The maximum absolute atomic E-state index is 12.9. The van der Waals surface area contributed by atoms with Crippen molar-refractivity contribution in [2.75, 3.05) is 13.2 Å². The first-order valence-corrected chi connectivity index (χ1v) is 4.84. The second kappa shape index (κ2) is 5.80. The zero-order chi connectivity index (χ0) is 11.3. The van der Waals surface area contributed by atoms with Gasteiger partial charge in [0.2, 0.25) is 0 Å². The number of halogens is 1. The monoisotopic (exact) mass is 213 g/mol. The topological polar surface area (TPSA) is 55.5 Å². The van der Waals surface area contributed by atoms with Crippen LogP contribution in [0, 0.1) is 12.7 Å². The minimum atomic E-state index is -0.633. The highest BCUT2D eigenvalue weighted by molar-refractivity contribution is 5.23. The molecule has 84 valence electrons. The van der Waals surface area contributed by atoms with Gasteiger partial charge in [0, 0.05) is 6.54 Å². The van der Waals surface area contributed by atoms with Crippen molar-refractivity contribution in [3.8, 4) is 0 Å². The Labute approximate surface area is 88.7 Å². The number of aryl methyl sites for hydroxylation is 1. The minimum Gasteiger partial charge on any atom is -0.389 e. The largest absolute Gasteiger partial charge is 0.389 e. The molecule has 1 aromatic carbocycles. The van der Waals surface area contributed by atoms with E-state index in [1.807, 2.05) is 0 Å². The van der Waals surface area contributed by atoms with Gasteiger partial charge < -0.3 is 15.6 Å². The summed E-state index contributed by atoms with van der Waals surface area (Å²) in [6.07, 6.45) is -0.633. The summed E-state index contributed by atoms with van der Waals surface area (Å²) in [6.45, 7) is 2.45.